The van der Waals surface area contributed by atoms with Gasteiger partial charge in [0.25, 0.3) is 0 Å². The van der Waals surface area contributed by atoms with Crippen molar-refractivity contribution in [3.05, 3.63) is 0 Å². The Bertz CT molecular complexity index is 27.3. The van der Waals surface area contributed by atoms with Crippen LogP contribution in [0, 0.1) is 0 Å². The van der Waals surface area contributed by atoms with Crippen LogP contribution >= 0.6 is 11.6 Å². The van der Waals surface area contributed by atoms with Gasteiger partial charge in [-0.1, -0.05) is 13.8 Å². The van der Waals surface area contributed by atoms with Crippen molar-refractivity contribution < 1.29 is 0 Å². The summed E-state index contributed by atoms with van der Waals surface area (Å²) in [5.41, 5.74) is 0. The van der Waals surface area contributed by atoms with Crippen molar-refractivity contribution in [1.29, 1.82) is 0 Å². The molecule has 0 aliphatic carbocycles. The summed E-state index contributed by atoms with van der Waals surface area (Å²) in [5.74, 6) is 0. The lowest BCUT2D eigenvalue weighted by molar-refractivity contribution is 0.782. The van der Waals surface area contributed by atoms with Crippen molar-refractivity contribution in [2.45, 2.75) is 32.1 Å². The monoisotopic (exact) mass is 136 g/mol. The molecule has 0 aromatic carbocycles. The van der Waals surface area contributed by atoms with Gasteiger partial charge >= 0.3 is 0 Å². The third kappa shape index (κ3) is 6.82. The summed E-state index contributed by atoms with van der Waals surface area (Å²) in [6, 6.07) is 0. The lowest BCUT2D eigenvalue weighted by Gasteiger charge is -1.95. The molecule has 0 nitrogen and oxygen atoms in total. The molecule has 0 aromatic heterocycles. The molecule has 7 heavy (non-hydrogen) atoms. The Morgan fingerprint density at radius 3 is 1.57 bits per heavy atom. The second kappa shape index (κ2) is 6.82. The van der Waals surface area contributed by atoms with Crippen LogP contribution in [0.4, 0.5) is 0 Å². The maximum atomic E-state index is 5.65. The first kappa shape index (κ1) is 10.7. The first-order chi connectivity index (χ1) is 2.81. The second-order valence-corrected chi connectivity index (χ2v) is 2.03. The van der Waals surface area contributed by atoms with E-state index in [1.54, 1.807) is 0 Å². The zero-order valence-corrected chi connectivity index (χ0v) is 5.13. The maximum Gasteiger partial charge on any atom is 0.187 e. The van der Waals surface area contributed by atoms with Gasteiger partial charge in [0.1, 0.15) is 0 Å². The Labute approximate surface area is 61.4 Å². The number of rotatable bonds is 2. The van der Waals surface area contributed by atoms with E-state index in [2.05, 4.69) is 13.8 Å². The molecule has 0 unspecified atom stereocenters. The van der Waals surface area contributed by atoms with Gasteiger partial charge in [-0.25, -0.2) is 0 Å². The maximum absolute atomic E-state index is 5.65. The van der Waals surface area contributed by atoms with Gasteiger partial charge in [-0.3, -0.25) is 0 Å². The Morgan fingerprint density at radius 2 is 1.57 bits per heavy atom. The summed E-state index contributed by atoms with van der Waals surface area (Å²) in [5, 5.41) is 0.407. The fraction of sp³-hybridized carbons (Fsp3) is 1.00. The SMILES string of the molecule is CCC(Cl)CC.[AlH3]. The zero-order chi connectivity index (χ0) is 4.99. The van der Waals surface area contributed by atoms with E-state index in [9.17, 15) is 0 Å². The minimum atomic E-state index is 0. The molecule has 0 saturated heterocycles. The fourth-order valence-electron chi connectivity index (χ4n) is 0.289. The van der Waals surface area contributed by atoms with Crippen molar-refractivity contribution in [3.8, 4) is 0 Å². The van der Waals surface area contributed by atoms with E-state index in [1.807, 2.05) is 0 Å². The molecule has 0 heterocycles. The quantitative estimate of drug-likeness (QED) is 0.396. The summed E-state index contributed by atoms with van der Waals surface area (Å²) in [6.45, 7) is 4.20. The Kier molecular flexibility index (Phi) is 10.5. The molecule has 0 amide bonds. The van der Waals surface area contributed by atoms with Crippen LogP contribution in [0.2, 0.25) is 0 Å². The highest BCUT2D eigenvalue weighted by Gasteiger charge is 1.91. The molecular formula is C5H14AlCl. The van der Waals surface area contributed by atoms with E-state index >= 15 is 0 Å². The van der Waals surface area contributed by atoms with Crippen LogP contribution in [0.5, 0.6) is 0 Å². The molecule has 0 N–H and O–H groups in total. The van der Waals surface area contributed by atoms with E-state index in [1.165, 1.54) is 0 Å². The van der Waals surface area contributed by atoms with Crippen molar-refractivity contribution >= 4 is 29.0 Å². The van der Waals surface area contributed by atoms with E-state index in [0.717, 1.165) is 12.8 Å². The summed E-state index contributed by atoms with van der Waals surface area (Å²) >= 11 is 5.65. The first-order valence-corrected chi connectivity index (χ1v) is 2.89. The van der Waals surface area contributed by atoms with E-state index in [0.29, 0.717) is 5.38 Å². The van der Waals surface area contributed by atoms with Gasteiger partial charge in [-0.05, 0) is 12.8 Å². The molecular weight excluding hydrogens is 122 g/mol. The summed E-state index contributed by atoms with van der Waals surface area (Å²) < 4.78 is 0. The Hall–Kier alpha value is 0.822. The molecule has 0 saturated carbocycles. The number of alkyl halides is 1. The van der Waals surface area contributed by atoms with Crippen LogP contribution in [0.15, 0.2) is 0 Å². The molecule has 2 heteroatoms. The first-order valence-electron chi connectivity index (χ1n) is 2.45. The van der Waals surface area contributed by atoms with Gasteiger partial charge in [-0.2, -0.15) is 0 Å². The molecule has 0 atom stereocenters. The third-order valence-corrected chi connectivity index (χ3v) is 1.50. The molecule has 0 aliphatic rings. The average molecular weight is 137 g/mol. The molecule has 0 rings (SSSR count). The van der Waals surface area contributed by atoms with Gasteiger partial charge in [0.15, 0.2) is 17.4 Å². The molecule has 0 fully saturated rings. The predicted molar refractivity (Wildman–Crippen MR) is 40.2 cm³/mol. The highest BCUT2D eigenvalue weighted by atomic mass is 35.5. The summed E-state index contributed by atoms with van der Waals surface area (Å²) in [6.07, 6.45) is 2.19. The Morgan fingerprint density at radius 1 is 1.29 bits per heavy atom. The van der Waals surface area contributed by atoms with Gasteiger partial charge in [0.05, 0.1) is 0 Å². The summed E-state index contributed by atoms with van der Waals surface area (Å²) in [4.78, 5) is 0. The standard InChI is InChI=1S/C5H11Cl.Al.3H/c1-3-5(6)4-2;;;;/h5H,3-4H2,1-2H3;;;;. The van der Waals surface area contributed by atoms with Crippen molar-refractivity contribution in [3.63, 3.8) is 0 Å². The van der Waals surface area contributed by atoms with Crippen LogP contribution in [0.1, 0.15) is 26.7 Å². The topological polar surface area (TPSA) is 0 Å². The highest BCUT2D eigenvalue weighted by molar-refractivity contribution is 6.20. The number of hydrogen-bond donors (Lipinski definition) is 0. The van der Waals surface area contributed by atoms with Gasteiger partial charge in [-0.15, -0.1) is 11.6 Å². The van der Waals surface area contributed by atoms with Crippen LogP contribution in [-0.4, -0.2) is 22.7 Å². The van der Waals surface area contributed by atoms with Crippen molar-refractivity contribution in [2.75, 3.05) is 0 Å². The van der Waals surface area contributed by atoms with Gasteiger partial charge in [0, 0.05) is 5.38 Å². The fourth-order valence-corrected chi connectivity index (χ4v) is 0.289. The van der Waals surface area contributed by atoms with Crippen molar-refractivity contribution in [2.24, 2.45) is 0 Å². The van der Waals surface area contributed by atoms with E-state index < -0.39 is 0 Å². The highest BCUT2D eigenvalue weighted by Crippen LogP contribution is 2.03. The molecule has 0 aliphatic heterocycles. The lowest BCUT2D eigenvalue weighted by atomic mass is 10.3. The lowest BCUT2D eigenvalue weighted by Crippen LogP contribution is -1.89. The van der Waals surface area contributed by atoms with Crippen molar-refractivity contribution in [1.82, 2.24) is 0 Å². The smallest absolute Gasteiger partial charge is 0.123 e. The molecule has 0 bridgehead atoms. The van der Waals surface area contributed by atoms with Crippen LogP contribution in [0.3, 0.4) is 0 Å². The van der Waals surface area contributed by atoms with E-state index in [4.69, 9.17) is 11.6 Å². The van der Waals surface area contributed by atoms with Crippen LogP contribution in [0.25, 0.3) is 0 Å². The normalized spacial score (nSPS) is 8.57. The third-order valence-electron chi connectivity index (χ3n) is 0.886. The largest absolute Gasteiger partial charge is 0.187 e. The van der Waals surface area contributed by atoms with Gasteiger partial charge < -0.3 is 0 Å². The molecule has 0 radical (unpaired) electrons. The summed E-state index contributed by atoms with van der Waals surface area (Å²) in [7, 11) is 0. The predicted octanol–water partition coefficient (Wildman–Crippen LogP) is 1.23. The molecule has 0 spiro atoms. The number of halogens is 1. The second-order valence-electron chi connectivity index (χ2n) is 1.41. The van der Waals surface area contributed by atoms with E-state index in [-0.39, 0.29) is 17.4 Å². The van der Waals surface area contributed by atoms with Crippen LogP contribution < -0.4 is 0 Å². The molecule has 44 valence electrons. The minimum absolute atomic E-state index is 0. The van der Waals surface area contributed by atoms with Crippen LogP contribution in [-0.2, 0) is 0 Å². The molecule has 0 aromatic rings. The number of hydrogen-bond acceptors (Lipinski definition) is 0. The minimum Gasteiger partial charge on any atom is -0.123 e. The van der Waals surface area contributed by atoms with Gasteiger partial charge in [0.2, 0.25) is 0 Å². The average Bonchev–Trinajstić information content (AvgIpc) is 1.65. The zero-order valence-electron chi connectivity index (χ0n) is 4.37. The Balaban J connectivity index is 0.